The second-order valence-corrected chi connectivity index (χ2v) is 8.67. The van der Waals surface area contributed by atoms with E-state index in [9.17, 15) is 9.59 Å². The average molecular weight is 316 g/mol. The van der Waals surface area contributed by atoms with E-state index in [1.165, 1.54) is 24.8 Å². The Morgan fingerprint density at radius 2 is 2.00 bits per heavy atom. The first-order valence-corrected chi connectivity index (χ1v) is 9.37. The number of carbonyl (C=O) groups excluding carboxylic acids is 2. The van der Waals surface area contributed by atoms with Gasteiger partial charge in [0, 0.05) is 6.42 Å². The third-order valence-corrected chi connectivity index (χ3v) is 7.79. The van der Waals surface area contributed by atoms with Crippen molar-refractivity contribution in [2.24, 2.45) is 35.0 Å². The smallest absolute Gasteiger partial charge is 0.293 e. The highest BCUT2D eigenvalue weighted by atomic mass is 16.5. The maximum absolute atomic E-state index is 11.9. The fourth-order valence-electron chi connectivity index (χ4n) is 6.78. The van der Waals surface area contributed by atoms with Crippen LogP contribution < -0.4 is 0 Å². The minimum atomic E-state index is 0.156. The second-order valence-electron chi connectivity index (χ2n) is 8.67. The van der Waals surface area contributed by atoms with Gasteiger partial charge in [0.05, 0.1) is 0 Å². The Labute approximate surface area is 138 Å². The lowest BCUT2D eigenvalue weighted by atomic mass is 9.47. The Morgan fingerprint density at radius 1 is 1.22 bits per heavy atom. The van der Waals surface area contributed by atoms with Crippen molar-refractivity contribution in [1.29, 1.82) is 0 Å². The van der Waals surface area contributed by atoms with Crippen molar-refractivity contribution in [2.45, 2.75) is 64.9 Å². The number of rotatable bonds is 2. The quantitative estimate of drug-likeness (QED) is 0.725. The first-order valence-electron chi connectivity index (χ1n) is 9.37. The van der Waals surface area contributed by atoms with Crippen LogP contribution in [-0.4, -0.2) is 18.4 Å². The van der Waals surface area contributed by atoms with E-state index in [0.717, 1.165) is 31.6 Å². The van der Waals surface area contributed by atoms with Crippen LogP contribution in [0.15, 0.2) is 11.6 Å². The lowest BCUT2D eigenvalue weighted by Crippen LogP contribution is -2.50. The Morgan fingerprint density at radius 3 is 2.78 bits per heavy atom. The van der Waals surface area contributed by atoms with E-state index in [0.29, 0.717) is 35.9 Å². The van der Waals surface area contributed by atoms with Crippen molar-refractivity contribution in [3.8, 4) is 0 Å². The molecule has 4 aliphatic rings. The molecule has 3 heteroatoms. The normalized spacial score (nSPS) is 48.8. The van der Waals surface area contributed by atoms with Crippen molar-refractivity contribution < 1.29 is 14.3 Å². The van der Waals surface area contributed by atoms with Gasteiger partial charge in [0.25, 0.3) is 6.47 Å². The zero-order chi connectivity index (χ0) is 16.2. The van der Waals surface area contributed by atoms with Gasteiger partial charge in [-0.15, -0.1) is 0 Å². The summed E-state index contributed by atoms with van der Waals surface area (Å²) in [5.74, 6) is 3.71. The summed E-state index contributed by atoms with van der Waals surface area (Å²) in [5.41, 5.74) is 1.67. The van der Waals surface area contributed by atoms with Crippen LogP contribution in [0.25, 0.3) is 0 Å². The molecule has 0 saturated heterocycles. The van der Waals surface area contributed by atoms with Crippen LogP contribution >= 0.6 is 0 Å². The molecular weight excluding hydrogens is 288 g/mol. The number of allylic oxidation sites excluding steroid dienone is 1. The molecule has 0 heterocycles. The summed E-state index contributed by atoms with van der Waals surface area (Å²) in [6, 6.07) is 0. The van der Waals surface area contributed by atoms with Crippen molar-refractivity contribution in [3.05, 3.63) is 11.6 Å². The lowest BCUT2D eigenvalue weighted by molar-refractivity contribution is -0.137. The third kappa shape index (κ3) is 2.22. The molecule has 126 valence electrons. The minimum absolute atomic E-state index is 0.156. The van der Waals surface area contributed by atoms with E-state index in [2.05, 4.69) is 13.8 Å². The van der Waals surface area contributed by atoms with E-state index in [1.807, 2.05) is 6.08 Å². The average Bonchev–Trinajstić information content (AvgIpc) is 2.93. The molecule has 0 aliphatic heterocycles. The Balaban J connectivity index is 1.65. The number of ether oxygens (including phenoxy) is 1. The van der Waals surface area contributed by atoms with E-state index in [1.54, 1.807) is 0 Å². The SMILES string of the molecule is CC1CC2=CC(=O)CCC2(C)C2CCC3C(OC=O)CCC3C12. The number of hydrogen-bond acceptors (Lipinski definition) is 3. The highest BCUT2D eigenvalue weighted by Crippen LogP contribution is 2.63. The molecule has 0 radical (unpaired) electrons. The molecule has 3 nitrogen and oxygen atoms in total. The molecule has 0 bridgehead atoms. The fraction of sp³-hybridized carbons (Fsp3) is 0.800. The summed E-state index contributed by atoms with van der Waals surface area (Å²) in [7, 11) is 0. The molecule has 0 spiro atoms. The third-order valence-electron chi connectivity index (χ3n) is 7.79. The summed E-state index contributed by atoms with van der Waals surface area (Å²) in [4.78, 5) is 22.7. The first-order chi connectivity index (χ1) is 11.0. The van der Waals surface area contributed by atoms with Gasteiger partial charge in [-0.3, -0.25) is 9.59 Å². The van der Waals surface area contributed by atoms with Crippen LogP contribution in [-0.2, 0) is 14.3 Å². The Bertz CT molecular complexity index is 551. The molecule has 0 N–H and O–H groups in total. The molecule has 4 aliphatic carbocycles. The van der Waals surface area contributed by atoms with Crippen LogP contribution in [0, 0.1) is 35.0 Å². The van der Waals surface area contributed by atoms with Gasteiger partial charge in [0.15, 0.2) is 5.78 Å². The van der Waals surface area contributed by atoms with Gasteiger partial charge in [-0.05, 0) is 79.6 Å². The topological polar surface area (TPSA) is 43.4 Å². The molecule has 7 atom stereocenters. The lowest BCUT2D eigenvalue weighted by Gasteiger charge is -2.57. The largest absolute Gasteiger partial charge is 0.464 e. The van der Waals surface area contributed by atoms with E-state index in [4.69, 9.17) is 4.74 Å². The van der Waals surface area contributed by atoms with Gasteiger partial charge in [0.2, 0.25) is 0 Å². The Kier molecular flexibility index (Phi) is 3.66. The van der Waals surface area contributed by atoms with Crippen molar-refractivity contribution in [1.82, 2.24) is 0 Å². The van der Waals surface area contributed by atoms with E-state index < -0.39 is 0 Å². The zero-order valence-corrected chi connectivity index (χ0v) is 14.3. The molecule has 3 fully saturated rings. The van der Waals surface area contributed by atoms with Gasteiger partial charge in [-0.25, -0.2) is 0 Å². The molecule has 0 aromatic heterocycles. The predicted molar refractivity (Wildman–Crippen MR) is 87.6 cm³/mol. The van der Waals surface area contributed by atoms with Gasteiger partial charge in [-0.1, -0.05) is 19.4 Å². The summed E-state index contributed by atoms with van der Waals surface area (Å²) in [6.45, 7) is 5.45. The highest BCUT2D eigenvalue weighted by molar-refractivity contribution is 5.91. The first kappa shape index (κ1) is 15.4. The van der Waals surface area contributed by atoms with E-state index >= 15 is 0 Å². The fourth-order valence-corrected chi connectivity index (χ4v) is 6.78. The summed E-state index contributed by atoms with van der Waals surface area (Å²) < 4.78 is 5.40. The number of hydrogen-bond donors (Lipinski definition) is 0. The van der Waals surface area contributed by atoms with Crippen molar-refractivity contribution >= 4 is 12.3 Å². The van der Waals surface area contributed by atoms with Gasteiger partial charge >= 0.3 is 0 Å². The molecule has 3 saturated carbocycles. The predicted octanol–water partition coefficient (Wildman–Crippen LogP) is 3.92. The van der Waals surface area contributed by atoms with Gasteiger partial charge in [0.1, 0.15) is 6.10 Å². The summed E-state index contributed by atoms with van der Waals surface area (Å²) in [5, 5.41) is 0. The summed E-state index contributed by atoms with van der Waals surface area (Å²) in [6.07, 6.45) is 9.67. The molecule has 23 heavy (non-hydrogen) atoms. The second kappa shape index (κ2) is 5.46. The summed E-state index contributed by atoms with van der Waals surface area (Å²) >= 11 is 0. The standard InChI is InChI=1S/C20H28O3/c1-12-9-13-10-14(22)7-8-20(13,2)17-5-3-15-16(19(12)17)4-6-18(15)23-11-21/h10-12,15-19H,3-9H2,1-2H3. The molecule has 0 aromatic carbocycles. The minimum Gasteiger partial charge on any atom is -0.464 e. The number of carbonyl (C=O) groups is 2. The highest BCUT2D eigenvalue weighted by Gasteiger charge is 2.56. The molecular formula is C20H28O3. The molecule has 0 amide bonds. The molecule has 7 unspecified atom stereocenters. The number of fused-ring (bicyclic) bond motifs is 5. The van der Waals surface area contributed by atoms with Gasteiger partial charge in [-0.2, -0.15) is 0 Å². The van der Waals surface area contributed by atoms with Gasteiger partial charge < -0.3 is 4.74 Å². The monoisotopic (exact) mass is 316 g/mol. The van der Waals surface area contributed by atoms with Crippen LogP contribution in [0.2, 0.25) is 0 Å². The molecule has 0 aromatic rings. The Hall–Kier alpha value is -1.12. The molecule has 4 rings (SSSR count). The van der Waals surface area contributed by atoms with Crippen LogP contribution in [0.4, 0.5) is 0 Å². The van der Waals surface area contributed by atoms with Crippen molar-refractivity contribution in [3.63, 3.8) is 0 Å². The van der Waals surface area contributed by atoms with Crippen LogP contribution in [0.5, 0.6) is 0 Å². The van der Waals surface area contributed by atoms with Crippen LogP contribution in [0.3, 0.4) is 0 Å². The van der Waals surface area contributed by atoms with Crippen molar-refractivity contribution in [2.75, 3.05) is 0 Å². The van der Waals surface area contributed by atoms with E-state index in [-0.39, 0.29) is 11.5 Å². The zero-order valence-electron chi connectivity index (χ0n) is 14.3. The number of ketones is 1. The van der Waals surface area contributed by atoms with Crippen LogP contribution in [0.1, 0.15) is 58.8 Å². The maximum atomic E-state index is 11.9. The maximum Gasteiger partial charge on any atom is 0.293 e.